The van der Waals surface area contributed by atoms with E-state index in [2.05, 4.69) is 15.5 Å². The van der Waals surface area contributed by atoms with Gasteiger partial charge in [-0.2, -0.15) is 4.98 Å². The van der Waals surface area contributed by atoms with Crippen LogP contribution in [0, 0.1) is 0 Å². The SMILES string of the molecule is CO[C@H]1CN(C(=O)NCCc2nc(-c3ccc(Cl)cc3)no2)C[C@@H]1O. The summed E-state index contributed by atoms with van der Waals surface area (Å²) in [4.78, 5) is 17.9. The van der Waals surface area contributed by atoms with Crippen molar-refractivity contribution < 1.29 is 19.2 Å². The molecule has 3 rings (SSSR count). The average molecular weight is 367 g/mol. The standard InChI is InChI=1S/C16H19ClN4O4/c1-24-13-9-21(8-12(13)22)16(23)18-7-6-14-19-15(20-25-14)10-2-4-11(17)5-3-10/h2-5,12-13,22H,6-9H2,1H3,(H,18,23)/t12-,13-/m0/s1. The van der Waals surface area contributed by atoms with Crippen LogP contribution in [0.25, 0.3) is 11.4 Å². The second-order valence-electron chi connectivity index (χ2n) is 5.75. The minimum atomic E-state index is -0.659. The number of amides is 2. The molecular formula is C16H19ClN4O4. The number of carbonyl (C=O) groups is 1. The molecule has 0 spiro atoms. The number of ether oxygens (including phenoxy) is 1. The Morgan fingerprint density at radius 3 is 2.88 bits per heavy atom. The van der Waals surface area contributed by atoms with E-state index >= 15 is 0 Å². The maximum Gasteiger partial charge on any atom is 0.317 e. The van der Waals surface area contributed by atoms with Gasteiger partial charge in [0.2, 0.25) is 11.7 Å². The number of urea groups is 1. The smallest absolute Gasteiger partial charge is 0.317 e. The lowest BCUT2D eigenvalue weighted by Crippen LogP contribution is -2.40. The molecule has 1 fully saturated rings. The lowest BCUT2D eigenvalue weighted by Gasteiger charge is -2.16. The number of likely N-dealkylation sites (tertiary alicyclic amines) is 1. The molecule has 1 saturated heterocycles. The van der Waals surface area contributed by atoms with Gasteiger partial charge in [-0.25, -0.2) is 4.79 Å². The number of benzene rings is 1. The Bertz CT molecular complexity index is 721. The van der Waals surface area contributed by atoms with Crippen LogP contribution in [0.3, 0.4) is 0 Å². The molecule has 2 amide bonds. The molecule has 0 unspecified atom stereocenters. The zero-order chi connectivity index (χ0) is 17.8. The molecule has 1 aromatic carbocycles. The first kappa shape index (κ1) is 17.7. The van der Waals surface area contributed by atoms with Crippen molar-refractivity contribution >= 4 is 17.6 Å². The van der Waals surface area contributed by atoms with Gasteiger partial charge in [-0.15, -0.1) is 0 Å². The topological polar surface area (TPSA) is 101 Å². The second kappa shape index (κ2) is 7.81. The Morgan fingerprint density at radius 2 is 2.20 bits per heavy atom. The van der Waals surface area contributed by atoms with Crippen LogP contribution >= 0.6 is 11.6 Å². The number of methoxy groups -OCH3 is 1. The summed E-state index contributed by atoms with van der Waals surface area (Å²) < 4.78 is 10.3. The molecule has 1 aliphatic rings. The second-order valence-corrected chi connectivity index (χ2v) is 6.18. The highest BCUT2D eigenvalue weighted by Gasteiger charge is 2.33. The lowest BCUT2D eigenvalue weighted by molar-refractivity contribution is 0.0215. The number of aliphatic hydroxyl groups is 1. The molecule has 2 N–H and O–H groups in total. The molecule has 8 nitrogen and oxygen atoms in total. The van der Waals surface area contributed by atoms with Crippen molar-refractivity contribution in [2.45, 2.75) is 18.6 Å². The van der Waals surface area contributed by atoms with Gasteiger partial charge in [-0.05, 0) is 24.3 Å². The van der Waals surface area contributed by atoms with Gasteiger partial charge in [-0.1, -0.05) is 16.8 Å². The van der Waals surface area contributed by atoms with E-state index in [9.17, 15) is 9.90 Å². The van der Waals surface area contributed by atoms with Crippen LogP contribution in [0.5, 0.6) is 0 Å². The van der Waals surface area contributed by atoms with Gasteiger partial charge in [0.05, 0.1) is 19.2 Å². The van der Waals surface area contributed by atoms with E-state index in [1.165, 1.54) is 12.0 Å². The van der Waals surface area contributed by atoms with E-state index in [-0.39, 0.29) is 18.7 Å². The highest BCUT2D eigenvalue weighted by atomic mass is 35.5. The van der Waals surface area contributed by atoms with Gasteiger partial charge in [0.1, 0.15) is 6.10 Å². The van der Waals surface area contributed by atoms with E-state index in [4.69, 9.17) is 20.9 Å². The molecule has 134 valence electrons. The maximum atomic E-state index is 12.1. The minimum Gasteiger partial charge on any atom is -0.388 e. The Kier molecular flexibility index (Phi) is 5.52. The third-order valence-corrected chi connectivity index (χ3v) is 4.26. The van der Waals surface area contributed by atoms with E-state index in [1.54, 1.807) is 12.1 Å². The number of rotatable bonds is 5. The molecule has 0 saturated carbocycles. The number of β-amino-alcohol motifs (C(OH)–C–C–N with tert-alkyl or cyclic N) is 1. The highest BCUT2D eigenvalue weighted by molar-refractivity contribution is 6.30. The molecule has 1 aliphatic heterocycles. The van der Waals surface area contributed by atoms with Crippen molar-refractivity contribution in [1.82, 2.24) is 20.4 Å². The number of carbonyl (C=O) groups excluding carboxylic acids is 1. The zero-order valence-electron chi connectivity index (χ0n) is 13.7. The summed E-state index contributed by atoms with van der Waals surface area (Å²) in [5.41, 5.74) is 0.806. The Morgan fingerprint density at radius 1 is 1.44 bits per heavy atom. The fourth-order valence-electron chi connectivity index (χ4n) is 2.62. The Hall–Kier alpha value is -2.16. The molecule has 1 aromatic heterocycles. The summed E-state index contributed by atoms with van der Waals surface area (Å²) >= 11 is 5.85. The number of hydrogen-bond donors (Lipinski definition) is 2. The van der Waals surface area contributed by atoms with E-state index < -0.39 is 6.10 Å². The van der Waals surface area contributed by atoms with Crippen LogP contribution in [-0.4, -0.2) is 65.1 Å². The van der Waals surface area contributed by atoms with Crippen molar-refractivity contribution in [3.05, 3.63) is 35.2 Å². The van der Waals surface area contributed by atoms with Crippen molar-refractivity contribution in [3.63, 3.8) is 0 Å². The molecule has 0 bridgehead atoms. The average Bonchev–Trinajstić information content (AvgIpc) is 3.22. The third kappa shape index (κ3) is 4.28. The lowest BCUT2D eigenvalue weighted by atomic mass is 10.2. The molecule has 2 aromatic rings. The van der Waals surface area contributed by atoms with Gasteiger partial charge in [0, 0.05) is 30.7 Å². The molecule has 2 heterocycles. The first-order valence-corrected chi connectivity index (χ1v) is 8.27. The van der Waals surface area contributed by atoms with E-state index in [0.717, 1.165) is 5.56 Å². The first-order chi connectivity index (χ1) is 12.1. The number of nitrogens with one attached hydrogen (secondary N) is 1. The van der Waals surface area contributed by atoms with Crippen molar-refractivity contribution in [2.75, 3.05) is 26.7 Å². The molecule has 2 atom stereocenters. The number of aromatic nitrogens is 2. The van der Waals surface area contributed by atoms with Gasteiger partial charge in [0.15, 0.2) is 0 Å². The molecule has 0 aliphatic carbocycles. The predicted octanol–water partition coefficient (Wildman–Crippen LogP) is 1.33. The fraction of sp³-hybridized carbons (Fsp3) is 0.438. The summed E-state index contributed by atoms with van der Waals surface area (Å²) in [6, 6.07) is 6.87. The van der Waals surface area contributed by atoms with Crippen molar-refractivity contribution in [2.24, 2.45) is 0 Å². The normalized spacial score (nSPS) is 20.0. The van der Waals surface area contributed by atoms with Crippen LogP contribution in [0.4, 0.5) is 4.79 Å². The molecule has 9 heteroatoms. The number of aliphatic hydroxyl groups excluding tert-OH is 1. The van der Waals surface area contributed by atoms with Gasteiger partial charge in [0.25, 0.3) is 0 Å². The first-order valence-electron chi connectivity index (χ1n) is 7.89. The van der Waals surface area contributed by atoms with Crippen LogP contribution in [0.2, 0.25) is 5.02 Å². The largest absolute Gasteiger partial charge is 0.388 e. The summed E-state index contributed by atoms with van der Waals surface area (Å²) in [6.07, 6.45) is -0.589. The van der Waals surface area contributed by atoms with Crippen molar-refractivity contribution in [3.8, 4) is 11.4 Å². The summed E-state index contributed by atoms with van der Waals surface area (Å²) in [5, 5.41) is 17.1. The van der Waals surface area contributed by atoms with Crippen LogP contribution in [-0.2, 0) is 11.2 Å². The van der Waals surface area contributed by atoms with Gasteiger partial charge in [-0.3, -0.25) is 0 Å². The fourth-order valence-corrected chi connectivity index (χ4v) is 2.74. The van der Waals surface area contributed by atoms with Crippen LogP contribution in [0.15, 0.2) is 28.8 Å². The molecular weight excluding hydrogens is 348 g/mol. The minimum absolute atomic E-state index is 0.254. The summed E-state index contributed by atoms with van der Waals surface area (Å²) in [7, 11) is 1.52. The zero-order valence-corrected chi connectivity index (χ0v) is 14.4. The predicted molar refractivity (Wildman–Crippen MR) is 90.2 cm³/mol. The number of hydrogen-bond acceptors (Lipinski definition) is 6. The Labute approximate surface area is 149 Å². The number of nitrogens with zero attached hydrogens (tertiary/aromatic N) is 3. The van der Waals surface area contributed by atoms with Crippen LogP contribution < -0.4 is 5.32 Å². The van der Waals surface area contributed by atoms with Gasteiger partial charge >= 0.3 is 6.03 Å². The molecule has 0 radical (unpaired) electrons. The van der Waals surface area contributed by atoms with Crippen LogP contribution in [0.1, 0.15) is 5.89 Å². The van der Waals surface area contributed by atoms with Gasteiger partial charge < -0.3 is 24.6 Å². The maximum absolute atomic E-state index is 12.1. The Balaban J connectivity index is 1.48. The molecule has 25 heavy (non-hydrogen) atoms. The summed E-state index contributed by atoms with van der Waals surface area (Å²) in [6.45, 7) is 0.974. The van der Waals surface area contributed by atoms with Crippen molar-refractivity contribution in [1.29, 1.82) is 0 Å². The summed E-state index contributed by atoms with van der Waals surface area (Å²) in [5.74, 6) is 0.907. The monoisotopic (exact) mass is 366 g/mol. The van der Waals surface area contributed by atoms with E-state index in [1.807, 2.05) is 12.1 Å². The quantitative estimate of drug-likeness (QED) is 0.828. The van der Waals surface area contributed by atoms with E-state index in [0.29, 0.717) is 36.2 Å². The third-order valence-electron chi connectivity index (χ3n) is 4.01. The highest BCUT2D eigenvalue weighted by Crippen LogP contribution is 2.18. The number of halogens is 1.